The van der Waals surface area contributed by atoms with Crippen LogP contribution in [0.15, 0.2) is 0 Å². The quantitative estimate of drug-likeness (QED) is 0.668. The van der Waals surface area contributed by atoms with Gasteiger partial charge in [0, 0.05) is 19.7 Å². The van der Waals surface area contributed by atoms with Crippen LogP contribution in [0, 0.1) is 5.92 Å². The first-order valence-electron chi connectivity index (χ1n) is 6.31. The van der Waals surface area contributed by atoms with E-state index >= 15 is 0 Å². The number of likely N-dealkylation sites (tertiary alicyclic amines) is 1. The maximum Gasteiger partial charge on any atom is 0.306 e. The lowest BCUT2D eigenvalue weighted by molar-refractivity contribution is -0.147. The lowest BCUT2D eigenvalue weighted by atomic mass is 9.97. The number of rotatable bonds is 7. The van der Waals surface area contributed by atoms with Gasteiger partial charge in [0.2, 0.25) is 5.91 Å². The van der Waals surface area contributed by atoms with E-state index in [4.69, 9.17) is 14.6 Å². The number of carboxylic acid groups (broad SMARTS) is 1. The molecule has 0 unspecified atom stereocenters. The number of carbonyl (C=O) groups excluding carboxylic acids is 1. The van der Waals surface area contributed by atoms with Crippen molar-refractivity contribution in [2.45, 2.75) is 19.8 Å². The highest BCUT2D eigenvalue weighted by Gasteiger charge is 2.26. The molecule has 0 atom stereocenters. The van der Waals surface area contributed by atoms with Crippen LogP contribution in [-0.4, -0.2) is 61.4 Å². The summed E-state index contributed by atoms with van der Waals surface area (Å²) in [6.45, 7) is 4.49. The average Bonchev–Trinajstić information content (AvgIpc) is 2.38. The first-order chi connectivity index (χ1) is 8.65. The Hall–Kier alpha value is -1.14. The molecule has 1 aliphatic heterocycles. The third kappa shape index (κ3) is 5.01. The van der Waals surface area contributed by atoms with Crippen molar-refractivity contribution in [2.75, 3.05) is 39.5 Å². The number of ether oxygens (including phenoxy) is 2. The number of piperidine rings is 1. The van der Waals surface area contributed by atoms with E-state index < -0.39 is 5.97 Å². The van der Waals surface area contributed by atoms with Crippen molar-refractivity contribution in [2.24, 2.45) is 5.92 Å². The molecule has 0 aromatic rings. The van der Waals surface area contributed by atoms with Crippen molar-refractivity contribution in [1.82, 2.24) is 4.90 Å². The molecule has 0 aromatic carbocycles. The Kier molecular flexibility index (Phi) is 6.67. The Bertz CT molecular complexity index is 274. The summed E-state index contributed by atoms with van der Waals surface area (Å²) in [6.07, 6.45) is 1.06. The van der Waals surface area contributed by atoms with Gasteiger partial charge in [-0.25, -0.2) is 0 Å². The van der Waals surface area contributed by atoms with Crippen LogP contribution in [-0.2, 0) is 19.1 Å². The van der Waals surface area contributed by atoms with Crippen molar-refractivity contribution in [3.63, 3.8) is 0 Å². The predicted octanol–water partition coefficient (Wildman–Crippen LogP) is 0.363. The van der Waals surface area contributed by atoms with E-state index in [9.17, 15) is 9.59 Å². The van der Waals surface area contributed by atoms with Gasteiger partial charge < -0.3 is 19.5 Å². The molecular formula is C12H21NO5. The smallest absolute Gasteiger partial charge is 0.306 e. The topological polar surface area (TPSA) is 76.1 Å². The van der Waals surface area contributed by atoms with Crippen molar-refractivity contribution in [3.8, 4) is 0 Å². The zero-order valence-corrected chi connectivity index (χ0v) is 10.8. The minimum Gasteiger partial charge on any atom is -0.481 e. The van der Waals surface area contributed by atoms with Gasteiger partial charge in [0.05, 0.1) is 19.1 Å². The molecule has 1 heterocycles. The van der Waals surface area contributed by atoms with E-state index in [-0.39, 0.29) is 18.4 Å². The molecule has 1 amide bonds. The maximum atomic E-state index is 11.7. The summed E-state index contributed by atoms with van der Waals surface area (Å²) in [4.78, 5) is 24.1. The zero-order chi connectivity index (χ0) is 13.4. The molecule has 0 saturated carbocycles. The van der Waals surface area contributed by atoms with Crippen LogP contribution in [0.4, 0.5) is 0 Å². The standard InChI is InChI=1S/C12H21NO5/c1-2-17-7-8-18-9-11(14)13-5-3-10(4-6-13)12(15)16/h10H,2-9H2,1H3,(H,15,16). The van der Waals surface area contributed by atoms with Crippen molar-refractivity contribution < 1.29 is 24.2 Å². The predicted molar refractivity (Wildman–Crippen MR) is 64.3 cm³/mol. The Balaban J connectivity index is 2.14. The summed E-state index contributed by atoms with van der Waals surface area (Å²) < 4.78 is 10.3. The summed E-state index contributed by atoms with van der Waals surface area (Å²) >= 11 is 0. The van der Waals surface area contributed by atoms with Gasteiger partial charge in [0.15, 0.2) is 0 Å². The summed E-state index contributed by atoms with van der Waals surface area (Å²) in [7, 11) is 0. The van der Waals surface area contributed by atoms with Crippen molar-refractivity contribution >= 4 is 11.9 Å². The molecule has 6 nitrogen and oxygen atoms in total. The van der Waals surface area contributed by atoms with Gasteiger partial charge in [0.25, 0.3) is 0 Å². The second-order valence-corrected chi connectivity index (χ2v) is 4.24. The van der Waals surface area contributed by atoms with Crippen LogP contribution >= 0.6 is 0 Å². The number of hydrogen-bond donors (Lipinski definition) is 1. The Morgan fingerprint density at radius 2 is 1.83 bits per heavy atom. The third-order valence-electron chi connectivity index (χ3n) is 3.00. The molecule has 1 N–H and O–H groups in total. The summed E-state index contributed by atoms with van der Waals surface area (Å²) in [5.41, 5.74) is 0. The molecule has 1 rings (SSSR count). The van der Waals surface area contributed by atoms with Gasteiger partial charge in [0.1, 0.15) is 6.61 Å². The largest absolute Gasteiger partial charge is 0.481 e. The number of aliphatic carboxylic acids is 1. The molecule has 0 bridgehead atoms. The normalized spacial score (nSPS) is 16.8. The summed E-state index contributed by atoms with van der Waals surface area (Å²) in [6, 6.07) is 0. The highest BCUT2D eigenvalue weighted by molar-refractivity contribution is 5.78. The lowest BCUT2D eigenvalue weighted by Gasteiger charge is -2.30. The molecule has 104 valence electrons. The van der Waals surface area contributed by atoms with Crippen LogP contribution < -0.4 is 0 Å². The molecule has 0 radical (unpaired) electrons. The van der Waals surface area contributed by atoms with E-state index in [0.717, 1.165) is 0 Å². The number of nitrogens with zero attached hydrogens (tertiary/aromatic N) is 1. The fourth-order valence-corrected chi connectivity index (χ4v) is 1.89. The third-order valence-corrected chi connectivity index (χ3v) is 3.00. The van der Waals surface area contributed by atoms with Crippen molar-refractivity contribution in [1.29, 1.82) is 0 Å². The van der Waals surface area contributed by atoms with Crippen LogP contribution in [0.1, 0.15) is 19.8 Å². The fourth-order valence-electron chi connectivity index (χ4n) is 1.89. The van der Waals surface area contributed by atoms with E-state index in [1.54, 1.807) is 4.90 Å². The van der Waals surface area contributed by atoms with Crippen LogP contribution in [0.5, 0.6) is 0 Å². The Labute approximate surface area is 107 Å². The minimum absolute atomic E-state index is 0.0464. The average molecular weight is 259 g/mol. The van der Waals surface area contributed by atoms with Crippen LogP contribution in [0.2, 0.25) is 0 Å². The molecule has 1 fully saturated rings. The summed E-state index contributed by atoms with van der Waals surface area (Å²) in [5, 5.41) is 8.84. The molecule has 1 aliphatic rings. The molecule has 18 heavy (non-hydrogen) atoms. The second-order valence-electron chi connectivity index (χ2n) is 4.24. The van der Waals surface area contributed by atoms with E-state index in [1.807, 2.05) is 6.92 Å². The van der Waals surface area contributed by atoms with Crippen molar-refractivity contribution in [3.05, 3.63) is 0 Å². The Morgan fingerprint density at radius 1 is 1.22 bits per heavy atom. The number of hydrogen-bond acceptors (Lipinski definition) is 4. The monoisotopic (exact) mass is 259 g/mol. The highest BCUT2D eigenvalue weighted by Crippen LogP contribution is 2.17. The second kappa shape index (κ2) is 8.05. The van der Waals surface area contributed by atoms with Gasteiger partial charge in [-0.05, 0) is 19.8 Å². The molecule has 1 saturated heterocycles. The number of carboxylic acids is 1. The molecule has 0 spiro atoms. The first kappa shape index (κ1) is 14.9. The first-order valence-corrected chi connectivity index (χ1v) is 6.31. The maximum absolute atomic E-state index is 11.7. The van der Waals surface area contributed by atoms with Gasteiger partial charge >= 0.3 is 5.97 Å². The summed E-state index contributed by atoms with van der Waals surface area (Å²) in [5.74, 6) is -1.15. The van der Waals surface area contributed by atoms with Crippen LogP contribution in [0.25, 0.3) is 0 Å². The highest BCUT2D eigenvalue weighted by atomic mass is 16.5. The van der Waals surface area contributed by atoms with Gasteiger partial charge in [-0.3, -0.25) is 9.59 Å². The minimum atomic E-state index is -0.768. The SMILES string of the molecule is CCOCCOCC(=O)N1CCC(C(=O)O)CC1. The lowest BCUT2D eigenvalue weighted by Crippen LogP contribution is -2.42. The molecule has 0 aliphatic carbocycles. The number of amides is 1. The fraction of sp³-hybridized carbons (Fsp3) is 0.833. The van der Waals surface area contributed by atoms with Gasteiger partial charge in [-0.2, -0.15) is 0 Å². The molecular weight excluding hydrogens is 238 g/mol. The zero-order valence-electron chi connectivity index (χ0n) is 10.8. The Morgan fingerprint density at radius 3 is 2.39 bits per heavy atom. The molecule has 6 heteroatoms. The van der Waals surface area contributed by atoms with Crippen LogP contribution in [0.3, 0.4) is 0 Å². The van der Waals surface area contributed by atoms with E-state index in [2.05, 4.69) is 0 Å². The number of carbonyl (C=O) groups is 2. The van der Waals surface area contributed by atoms with Gasteiger partial charge in [-0.1, -0.05) is 0 Å². The van der Waals surface area contributed by atoms with Gasteiger partial charge in [-0.15, -0.1) is 0 Å². The van der Waals surface area contributed by atoms with E-state index in [0.29, 0.717) is 45.8 Å². The van der Waals surface area contributed by atoms with E-state index in [1.165, 1.54) is 0 Å². The molecule has 0 aromatic heterocycles.